The van der Waals surface area contributed by atoms with Crippen LogP contribution in [0.1, 0.15) is 105 Å². The topological polar surface area (TPSA) is 9.86 Å². The van der Waals surface area contributed by atoms with Crippen molar-refractivity contribution >= 4 is 43.6 Å². The second kappa shape index (κ2) is 21.0. The third kappa shape index (κ3) is 7.90. The van der Waals surface area contributed by atoms with E-state index in [-0.39, 0.29) is 0 Å². The van der Waals surface area contributed by atoms with E-state index in [4.69, 9.17) is 0 Å². The fourth-order valence-electron chi connectivity index (χ4n) is 7.70. The molecule has 0 atom stereocenters. The Morgan fingerprint density at radius 3 is 1.39 bits per heavy atom. The molecule has 0 bridgehead atoms. The van der Waals surface area contributed by atoms with E-state index in [1.165, 1.54) is 88.1 Å². The van der Waals surface area contributed by atoms with E-state index >= 15 is 0 Å². The quantitative estimate of drug-likeness (QED) is 0.148. The fraction of sp³-hybridized carbons (Fsp3) is 0.308. The summed E-state index contributed by atoms with van der Waals surface area (Å²) in [5.74, 6) is 0. The molecule has 0 saturated heterocycles. The molecule has 2 aromatic heterocycles. The Kier molecular flexibility index (Phi) is 16.8. The summed E-state index contributed by atoms with van der Waals surface area (Å²) in [6.45, 7) is 24.0. The summed E-state index contributed by atoms with van der Waals surface area (Å²) < 4.78 is 4.67. The van der Waals surface area contributed by atoms with E-state index in [9.17, 15) is 0 Å². The largest absolute Gasteiger partial charge is 0.344 e. The highest BCUT2D eigenvalue weighted by Crippen LogP contribution is 2.43. The second-order valence-electron chi connectivity index (χ2n) is 11.8. The lowest BCUT2D eigenvalue weighted by Crippen LogP contribution is -1.91. The third-order valence-electron chi connectivity index (χ3n) is 9.68. The highest BCUT2D eigenvalue weighted by atomic mass is 14.9. The van der Waals surface area contributed by atoms with E-state index in [1.807, 2.05) is 83.1 Å². The highest BCUT2D eigenvalue weighted by Gasteiger charge is 2.23. The number of hydrogen-bond donors (Lipinski definition) is 0. The number of fused-ring (bicyclic) bond motifs is 13. The number of aromatic nitrogens is 2. The molecule has 0 saturated carbocycles. The summed E-state index contributed by atoms with van der Waals surface area (Å²) >= 11 is 0. The summed E-state index contributed by atoms with van der Waals surface area (Å²) in [5.41, 5.74) is 16.8. The van der Waals surface area contributed by atoms with Gasteiger partial charge in [-0.15, -0.1) is 0 Å². The number of benzene rings is 6. The zero-order valence-corrected chi connectivity index (χ0v) is 35.9. The summed E-state index contributed by atoms with van der Waals surface area (Å²) in [4.78, 5) is 0. The molecule has 54 heavy (non-hydrogen) atoms. The zero-order chi connectivity index (χ0) is 39.9. The normalized spacial score (nSPS) is 10.6. The van der Waals surface area contributed by atoms with Crippen LogP contribution in [0.3, 0.4) is 0 Å². The van der Waals surface area contributed by atoms with Gasteiger partial charge in [0, 0.05) is 58.6 Å². The molecular formula is C52H66N2. The molecule has 0 fully saturated rings. The third-order valence-corrected chi connectivity index (χ3v) is 9.68. The van der Waals surface area contributed by atoms with E-state index in [0.717, 1.165) is 12.8 Å². The molecule has 284 valence electrons. The molecule has 2 heteroatoms. The zero-order valence-electron chi connectivity index (χ0n) is 35.9. The number of rotatable bonds is 0. The summed E-state index contributed by atoms with van der Waals surface area (Å²) in [5, 5.41) is 5.46. The Bertz CT molecular complexity index is 2360. The monoisotopic (exact) mass is 719 g/mol. The number of nitrogens with zero attached hydrogens (tertiary/aromatic N) is 2. The van der Waals surface area contributed by atoms with Gasteiger partial charge < -0.3 is 9.13 Å². The SMILES string of the molecule is CC.CC.CC.CC.CC.CC.Cn1c2ccccc2c2cc3c(cc21)-c1ccccc1C3.Cn1c2ccccc2c2ccc3c(c21)Cc1ccccc1-3. The van der Waals surface area contributed by atoms with Crippen molar-refractivity contribution in [1.29, 1.82) is 0 Å². The average Bonchev–Trinajstić information content (AvgIpc) is 4.00. The minimum Gasteiger partial charge on any atom is -0.344 e. The Morgan fingerprint density at radius 1 is 0.333 bits per heavy atom. The predicted octanol–water partition coefficient (Wildman–Crippen LogP) is 16.0. The van der Waals surface area contributed by atoms with E-state index in [1.54, 1.807) is 0 Å². The molecule has 2 heterocycles. The first-order valence-corrected chi connectivity index (χ1v) is 20.8. The van der Waals surface area contributed by atoms with Gasteiger partial charge in [0.25, 0.3) is 0 Å². The van der Waals surface area contributed by atoms with Crippen molar-refractivity contribution < 1.29 is 0 Å². The van der Waals surface area contributed by atoms with Crippen molar-refractivity contribution in [2.75, 3.05) is 0 Å². The van der Waals surface area contributed by atoms with Gasteiger partial charge in [0.1, 0.15) is 0 Å². The Balaban J connectivity index is 0.000000228. The average molecular weight is 719 g/mol. The molecule has 2 aliphatic rings. The first-order valence-electron chi connectivity index (χ1n) is 20.8. The van der Waals surface area contributed by atoms with E-state index in [2.05, 4.69) is 145 Å². The van der Waals surface area contributed by atoms with Crippen LogP contribution in [0.5, 0.6) is 0 Å². The van der Waals surface area contributed by atoms with Crippen LogP contribution in [0.15, 0.2) is 121 Å². The molecule has 0 radical (unpaired) electrons. The molecule has 0 N–H and O–H groups in total. The Labute approximate surface area is 327 Å². The van der Waals surface area contributed by atoms with Crippen LogP contribution in [-0.2, 0) is 26.9 Å². The van der Waals surface area contributed by atoms with Crippen molar-refractivity contribution in [3.63, 3.8) is 0 Å². The standard InChI is InChI=1S/2C20H15N.6C2H6/c1-21-19-9-5-4-8-16(19)18-11-14-10-13-6-2-3-7-15(13)17(14)12-20(18)21;1-21-19-9-5-4-8-16(19)17-11-10-15-14-7-3-2-6-13(14)12-18(15)20(17)21;6*1-2/h2-9,11-12H,10H2,1H3;2-11H,12H2,1H3;6*1-2H3. The molecular weight excluding hydrogens is 653 g/mol. The van der Waals surface area contributed by atoms with Gasteiger partial charge in [0.05, 0.1) is 5.52 Å². The minimum absolute atomic E-state index is 1.05. The first kappa shape index (κ1) is 43.3. The molecule has 0 spiro atoms. The van der Waals surface area contributed by atoms with Crippen LogP contribution in [-0.4, -0.2) is 9.13 Å². The van der Waals surface area contributed by atoms with Crippen LogP contribution in [0, 0.1) is 0 Å². The van der Waals surface area contributed by atoms with Gasteiger partial charge in [-0.1, -0.05) is 180 Å². The molecule has 0 unspecified atom stereocenters. The lowest BCUT2D eigenvalue weighted by atomic mass is 10.0. The van der Waals surface area contributed by atoms with Gasteiger partial charge >= 0.3 is 0 Å². The summed E-state index contributed by atoms with van der Waals surface area (Å²) in [7, 11) is 4.35. The van der Waals surface area contributed by atoms with Gasteiger partial charge in [-0.25, -0.2) is 0 Å². The van der Waals surface area contributed by atoms with Crippen LogP contribution in [0.25, 0.3) is 65.9 Å². The van der Waals surface area contributed by atoms with Crippen LogP contribution in [0.2, 0.25) is 0 Å². The molecule has 6 aromatic carbocycles. The fourth-order valence-corrected chi connectivity index (χ4v) is 7.70. The van der Waals surface area contributed by atoms with Crippen LogP contribution in [0.4, 0.5) is 0 Å². The van der Waals surface area contributed by atoms with Gasteiger partial charge in [0.2, 0.25) is 0 Å². The number of aryl methyl sites for hydroxylation is 2. The van der Waals surface area contributed by atoms with E-state index in [0.29, 0.717) is 0 Å². The van der Waals surface area contributed by atoms with Gasteiger partial charge in [-0.3, -0.25) is 0 Å². The maximum atomic E-state index is 2.40. The maximum absolute atomic E-state index is 2.40. The molecule has 10 rings (SSSR count). The first-order chi connectivity index (χ1) is 26.7. The molecule has 8 aromatic rings. The van der Waals surface area contributed by atoms with Crippen LogP contribution >= 0.6 is 0 Å². The highest BCUT2D eigenvalue weighted by molar-refractivity contribution is 6.11. The lowest BCUT2D eigenvalue weighted by molar-refractivity contribution is 1.00. The van der Waals surface area contributed by atoms with Gasteiger partial charge in [0.15, 0.2) is 0 Å². The number of para-hydroxylation sites is 2. The Morgan fingerprint density at radius 2 is 0.796 bits per heavy atom. The summed E-state index contributed by atoms with van der Waals surface area (Å²) in [6, 6.07) is 44.3. The van der Waals surface area contributed by atoms with Crippen molar-refractivity contribution in [3.8, 4) is 22.3 Å². The maximum Gasteiger partial charge on any atom is 0.0530 e. The minimum atomic E-state index is 1.05. The Hall–Kier alpha value is -5.08. The van der Waals surface area contributed by atoms with Crippen molar-refractivity contribution in [2.24, 2.45) is 14.1 Å². The predicted molar refractivity (Wildman–Crippen MR) is 245 cm³/mol. The molecule has 2 nitrogen and oxygen atoms in total. The van der Waals surface area contributed by atoms with Gasteiger partial charge in [-0.05, 0) is 75.2 Å². The molecule has 0 amide bonds. The molecule has 2 aliphatic carbocycles. The van der Waals surface area contributed by atoms with Crippen molar-refractivity contribution in [1.82, 2.24) is 9.13 Å². The number of hydrogen-bond acceptors (Lipinski definition) is 0. The smallest absolute Gasteiger partial charge is 0.0530 e. The van der Waals surface area contributed by atoms with Gasteiger partial charge in [-0.2, -0.15) is 0 Å². The second-order valence-corrected chi connectivity index (χ2v) is 11.8. The van der Waals surface area contributed by atoms with Crippen molar-refractivity contribution in [3.05, 3.63) is 144 Å². The summed E-state index contributed by atoms with van der Waals surface area (Å²) in [6.07, 6.45) is 2.11. The van der Waals surface area contributed by atoms with Crippen LogP contribution < -0.4 is 0 Å². The van der Waals surface area contributed by atoms with Crippen molar-refractivity contribution in [2.45, 2.75) is 95.9 Å². The van der Waals surface area contributed by atoms with E-state index < -0.39 is 0 Å². The lowest BCUT2D eigenvalue weighted by Gasteiger charge is -2.05. The molecule has 0 aliphatic heterocycles.